The van der Waals surface area contributed by atoms with Crippen LogP contribution in [-0.2, 0) is 19.4 Å². The Morgan fingerprint density at radius 1 is 0.557 bits per heavy atom. The Balaban J connectivity index is 2.10. The van der Waals surface area contributed by atoms with Gasteiger partial charge in [-0.15, -0.1) is 0 Å². The van der Waals surface area contributed by atoms with E-state index in [1.165, 1.54) is 66.9 Å². The molecule has 4 N–H and O–H groups in total. The lowest BCUT2D eigenvalue weighted by molar-refractivity contribution is -0.135. The van der Waals surface area contributed by atoms with Crippen LogP contribution in [0, 0.1) is 0 Å². The minimum atomic E-state index is -4.52. The Hall–Kier alpha value is -6.75. The molecule has 4 aromatic carbocycles. The van der Waals surface area contributed by atoms with Crippen LogP contribution < -0.4 is 48.5 Å². The van der Waals surface area contributed by atoms with E-state index in [4.69, 9.17) is 37.9 Å². The molecule has 2 unspecified atom stereocenters. The van der Waals surface area contributed by atoms with Crippen molar-refractivity contribution in [3.63, 3.8) is 0 Å². The number of aliphatic carboxylic acids is 2. The Morgan fingerprint density at radius 3 is 1.18 bits per heavy atom. The maximum absolute atomic E-state index is 15.7. The number of methoxy groups -OCH3 is 6. The third-order valence-electron chi connectivity index (χ3n) is 9.21. The van der Waals surface area contributed by atoms with Gasteiger partial charge in [0.15, 0.2) is 9.84 Å². The molecule has 0 radical (unpaired) electrons. The Morgan fingerprint density at radius 2 is 0.902 bits per heavy atom. The van der Waals surface area contributed by atoms with Gasteiger partial charge in [-0.1, -0.05) is 24.3 Å². The van der Waals surface area contributed by atoms with E-state index in [-0.39, 0.29) is 35.7 Å². The van der Waals surface area contributed by atoms with Gasteiger partial charge in [0.2, 0.25) is 0 Å². The van der Waals surface area contributed by atoms with Crippen LogP contribution in [-0.4, -0.2) is 99.5 Å². The zero-order chi connectivity index (χ0) is 44.7. The third kappa shape index (κ3) is 11.7. The molecule has 61 heavy (non-hydrogen) atoms. The van der Waals surface area contributed by atoms with Crippen molar-refractivity contribution in [2.75, 3.05) is 79.6 Å². The lowest BCUT2D eigenvalue weighted by atomic mass is 10.1. The quantitative estimate of drug-likeness (QED) is 0.0552. The minimum Gasteiger partial charge on any atom is -0.496 e. The number of anilines is 2. The normalized spacial score (nSPS) is 12.3. The number of hydrogen-bond acceptors (Lipinski definition) is 14. The lowest BCUT2D eigenvalue weighted by Crippen LogP contribution is -2.20. The standard InChI is InChI=1S/C44H52N2O14S/c1-9-59-35-15-11-27(19-33(35)45-25-43(47)48)41(17-13-31-37(55-5)21-29(53-3)22-38(31)56-6)61(51,52)42(18-14-32-39(57-7)23-30(54-4)24-40(32)58-8)28-12-16-36(60-10-2)34(20-28)46-26-44(49)50/h11-24,41-42,45-46H,9-10,25-26H2,1-8H3,(H,47,48)(H,49,50). The SMILES string of the molecule is CCOc1ccc(C(C=Cc2c(OC)cc(OC)cc2OC)S(=O)(=O)C(C=Cc2c(OC)cc(OC)cc2OC)c2ccc(OCC)c(NCC(=O)O)c2)cc1NCC(=O)O. The van der Waals surface area contributed by atoms with Crippen molar-refractivity contribution in [1.82, 2.24) is 0 Å². The molecule has 16 nitrogen and oxygen atoms in total. The number of nitrogens with one attached hydrogen (secondary N) is 2. The van der Waals surface area contributed by atoms with Crippen LogP contribution in [0.1, 0.15) is 46.6 Å². The average Bonchev–Trinajstić information content (AvgIpc) is 3.25. The van der Waals surface area contributed by atoms with Crippen LogP contribution in [0.4, 0.5) is 11.4 Å². The molecule has 0 spiro atoms. The molecule has 0 fully saturated rings. The first-order valence-corrected chi connectivity index (χ1v) is 20.5. The molecular weight excluding hydrogens is 813 g/mol. The van der Waals surface area contributed by atoms with Crippen LogP contribution >= 0.6 is 0 Å². The number of benzene rings is 4. The summed E-state index contributed by atoms with van der Waals surface area (Å²) in [4.78, 5) is 23.3. The first-order valence-electron chi connectivity index (χ1n) is 18.9. The second kappa shape index (κ2) is 22.0. The number of rotatable bonds is 24. The van der Waals surface area contributed by atoms with Crippen molar-refractivity contribution in [2.45, 2.75) is 24.3 Å². The van der Waals surface area contributed by atoms with Gasteiger partial charge in [0.25, 0.3) is 0 Å². The molecule has 0 aliphatic rings. The van der Waals surface area contributed by atoms with E-state index in [0.29, 0.717) is 57.1 Å². The summed E-state index contributed by atoms with van der Waals surface area (Å²) in [6.45, 7) is 3.07. The molecule has 328 valence electrons. The minimum absolute atomic E-state index is 0.243. The molecular formula is C44H52N2O14S. The van der Waals surface area contributed by atoms with Crippen molar-refractivity contribution in [2.24, 2.45) is 0 Å². The Kier molecular flexibility index (Phi) is 16.9. The molecule has 4 rings (SSSR count). The smallest absolute Gasteiger partial charge is 0.322 e. The summed E-state index contributed by atoms with van der Waals surface area (Å²) >= 11 is 0. The van der Waals surface area contributed by atoms with Gasteiger partial charge in [0, 0.05) is 24.3 Å². The van der Waals surface area contributed by atoms with Crippen molar-refractivity contribution in [3.05, 3.63) is 95.1 Å². The van der Waals surface area contributed by atoms with Crippen LogP contribution in [0.25, 0.3) is 12.2 Å². The second-order valence-electron chi connectivity index (χ2n) is 12.9. The van der Waals surface area contributed by atoms with Crippen molar-refractivity contribution in [1.29, 1.82) is 0 Å². The highest BCUT2D eigenvalue weighted by Crippen LogP contribution is 2.44. The first kappa shape index (κ1) is 46.9. The van der Waals surface area contributed by atoms with Gasteiger partial charge in [-0.3, -0.25) is 9.59 Å². The highest BCUT2D eigenvalue weighted by molar-refractivity contribution is 7.92. The summed E-state index contributed by atoms with van der Waals surface area (Å²) in [7, 11) is 4.28. The van der Waals surface area contributed by atoms with Gasteiger partial charge in [-0.2, -0.15) is 0 Å². The van der Waals surface area contributed by atoms with Crippen molar-refractivity contribution < 1.29 is 66.1 Å². The van der Waals surface area contributed by atoms with Gasteiger partial charge in [-0.25, -0.2) is 8.42 Å². The highest BCUT2D eigenvalue weighted by Gasteiger charge is 2.35. The average molecular weight is 865 g/mol. The zero-order valence-corrected chi connectivity index (χ0v) is 36.1. The Bertz CT molecular complexity index is 2120. The summed E-state index contributed by atoms with van der Waals surface area (Å²) in [5.74, 6) is 0.515. The maximum atomic E-state index is 15.7. The number of carboxylic acid groups (broad SMARTS) is 2. The molecule has 0 amide bonds. The molecule has 4 aromatic rings. The summed E-state index contributed by atoms with van der Waals surface area (Å²) in [6.07, 6.45) is 6.09. The predicted octanol–water partition coefficient (Wildman–Crippen LogP) is 7.15. The van der Waals surface area contributed by atoms with Crippen LogP contribution in [0.15, 0.2) is 72.8 Å². The lowest BCUT2D eigenvalue weighted by Gasteiger charge is -2.24. The number of hydrogen-bond donors (Lipinski definition) is 4. The third-order valence-corrected chi connectivity index (χ3v) is 11.5. The fourth-order valence-electron chi connectivity index (χ4n) is 6.37. The monoisotopic (exact) mass is 864 g/mol. The molecule has 0 heterocycles. The first-order chi connectivity index (χ1) is 29.3. The summed E-state index contributed by atoms with van der Waals surface area (Å²) in [5.41, 5.74) is 1.79. The van der Waals surface area contributed by atoms with E-state index in [1.807, 2.05) is 0 Å². The molecule has 0 aliphatic carbocycles. The fourth-order valence-corrected chi connectivity index (χ4v) is 8.33. The number of sulfone groups is 1. The molecule has 0 aromatic heterocycles. The van der Waals surface area contributed by atoms with Crippen molar-refractivity contribution >= 4 is 45.3 Å². The van der Waals surface area contributed by atoms with Crippen LogP contribution in [0.5, 0.6) is 46.0 Å². The summed E-state index contributed by atoms with van der Waals surface area (Å²) < 4.78 is 76.5. The predicted molar refractivity (Wildman–Crippen MR) is 232 cm³/mol. The number of carboxylic acids is 2. The van der Waals surface area contributed by atoms with Gasteiger partial charge in [-0.05, 0) is 61.4 Å². The Labute approximate surface area is 355 Å². The van der Waals surface area contributed by atoms with Crippen LogP contribution in [0.3, 0.4) is 0 Å². The topological polar surface area (TPSA) is 207 Å². The van der Waals surface area contributed by atoms with Gasteiger partial charge in [0.1, 0.15) is 69.6 Å². The van der Waals surface area contributed by atoms with E-state index in [9.17, 15) is 19.8 Å². The maximum Gasteiger partial charge on any atom is 0.322 e. The van der Waals surface area contributed by atoms with Gasteiger partial charge < -0.3 is 58.7 Å². The zero-order valence-electron chi connectivity index (χ0n) is 35.3. The molecule has 2 atom stereocenters. The summed E-state index contributed by atoms with van der Waals surface area (Å²) in [5, 5.41) is 21.8. The van der Waals surface area contributed by atoms with E-state index in [0.717, 1.165) is 0 Å². The van der Waals surface area contributed by atoms with Gasteiger partial charge in [0.05, 0.1) is 78.4 Å². The number of carbonyl (C=O) groups is 2. The van der Waals surface area contributed by atoms with E-state index in [2.05, 4.69) is 10.6 Å². The highest BCUT2D eigenvalue weighted by atomic mass is 32.2. The fraction of sp³-hybridized carbons (Fsp3) is 0.318. The van der Waals surface area contributed by atoms with E-state index < -0.39 is 45.4 Å². The largest absolute Gasteiger partial charge is 0.496 e. The summed E-state index contributed by atoms with van der Waals surface area (Å²) in [6, 6.07) is 15.9. The van der Waals surface area contributed by atoms with Crippen molar-refractivity contribution in [3.8, 4) is 46.0 Å². The van der Waals surface area contributed by atoms with Crippen LogP contribution in [0.2, 0.25) is 0 Å². The molecule has 0 saturated carbocycles. The molecule has 17 heteroatoms. The molecule has 0 saturated heterocycles. The molecule has 0 aliphatic heterocycles. The van der Waals surface area contributed by atoms with E-state index >= 15 is 8.42 Å². The van der Waals surface area contributed by atoms with E-state index in [1.54, 1.807) is 74.5 Å². The van der Waals surface area contributed by atoms with Gasteiger partial charge >= 0.3 is 11.9 Å². The number of ether oxygens (including phenoxy) is 8. The second-order valence-corrected chi connectivity index (χ2v) is 15.1. The molecule has 0 bridgehead atoms.